The molecule has 3 heterocycles. The highest BCUT2D eigenvalue weighted by Gasteiger charge is 2.17. The molecule has 1 aromatic carbocycles. The van der Waals surface area contributed by atoms with Crippen molar-refractivity contribution in [1.82, 2.24) is 10.7 Å². The van der Waals surface area contributed by atoms with E-state index in [-0.39, 0.29) is 18.2 Å². The summed E-state index contributed by atoms with van der Waals surface area (Å²) in [6, 6.07) is 11.5. The van der Waals surface area contributed by atoms with Gasteiger partial charge in [0, 0.05) is 28.8 Å². The number of amides is 2. The maximum absolute atomic E-state index is 12.6. The van der Waals surface area contributed by atoms with Crippen molar-refractivity contribution in [3.05, 3.63) is 91.2 Å². The Kier molecular flexibility index (Phi) is 7.90. The fourth-order valence-corrected chi connectivity index (χ4v) is 5.23. The number of hydrogen-bond donors (Lipinski definition) is 4. The Morgan fingerprint density at radius 3 is 2.42 bits per heavy atom. The van der Waals surface area contributed by atoms with Gasteiger partial charge in [-0.1, -0.05) is 29.3 Å². The van der Waals surface area contributed by atoms with Gasteiger partial charge < -0.3 is 10.4 Å². The number of carbonyl (C=O) groups is 2. The Hall–Kier alpha value is -3.44. The zero-order valence-corrected chi connectivity index (χ0v) is 21.8. The van der Waals surface area contributed by atoms with Crippen LogP contribution in [0, 0.1) is 0 Å². The third-order valence-electron chi connectivity index (χ3n) is 5.05. The van der Waals surface area contributed by atoms with Gasteiger partial charge in [-0.2, -0.15) is 5.10 Å². The molecule has 0 spiro atoms. The van der Waals surface area contributed by atoms with Crippen molar-refractivity contribution in [2.75, 3.05) is 0 Å². The van der Waals surface area contributed by atoms with Crippen LogP contribution < -0.4 is 15.5 Å². The Balaban J connectivity index is 1.39. The molecule has 0 fully saturated rings. The molecule has 0 radical (unpaired) electrons. The lowest BCUT2D eigenvalue weighted by Crippen LogP contribution is -2.29. The second kappa shape index (κ2) is 11.1. The number of nitrogens with zero attached hydrogens (tertiary/aromatic N) is 2. The quantitative estimate of drug-likeness (QED) is 0.109. The third kappa shape index (κ3) is 5.85. The van der Waals surface area contributed by atoms with Gasteiger partial charge in [-0.05, 0) is 42.3 Å². The first-order valence-electron chi connectivity index (χ1n) is 10.4. The third-order valence-corrected chi connectivity index (χ3v) is 7.89. The van der Waals surface area contributed by atoms with E-state index in [1.54, 1.807) is 54.8 Å². The minimum atomic E-state index is -0.478. The minimum Gasteiger partial charge on any atom is -0.506 e. The van der Waals surface area contributed by atoms with Crippen LogP contribution in [-0.4, -0.2) is 27.8 Å². The summed E-state index contributed by atoms with van der Waals surface area (Å²) in [7, 11) is 0. The number of aromatic nitrogens is 1. The fraction of sp³-hybridized carbons (Fsp3) is 0.0833. The molecule has 0 aliphatic rings. The van der Waals surface area contributed by atoms with Crippen LogP contribution >= 0.6 is 45.9 Å². The van der Waals surface area contributed by atoms with Crippen LogP contribution in [0.4, 0.5) is 0 Å². The van der Waals surface area contributed by atoms with Crippen LogP contribution in [0.25, 0.3) is 10.4 Å². The maximum Gasteiger partial charge on any atom is 0.281 e. The van der Waals surface area contributed by atoms with Crippen LogP contribution in [0.2, 0.25) is 10.0 Å². The van der Waals surface area contributed by atoms with Gasteiger partial charge in [0.05, 0.1) is 36.0 Å². The van der Waals surface area contributed by atoms with Crippen molar-refractivity contribution < 1.29 is 24.6 Å². The van der Waals surface area contributed by atoms with Gasteiger partial charge in [0.15, 0.2) is 0 Å². The van der Waals surface area contributed by atoms with Gasteiger partial charge in [0.2, 0.25) is 12.4 Å². The Labute approximate surface area is 224 Å². The molecule has 12 heteroatoms. The summed E-state index contributed by atoms with van der Waals surface area (Å²) in [5.41, 5.74) is 4.87. The molecular weight excluding hydrogens is 543 g/mol. The summed E-state index contributed by atoms with van der Waals surface area (Å²) in [5.74, 6) is -0.776. The monoisotopic (exact) mass is 561 g/mol. The zero-order chi connectivity index (χ0) is 25.8. The molecular formula is C24H19Cl2N4O4S2+. The van der Waals surface area contributed by atoms with Crippen molar-refractivity contribution in [3.63, 3.8) is 0 Å². The molecule has 4 aromatic rings. The van der Waals surface area contributed by atoms with Gasteiger partial charge >= 0.3 is 0 Å². The summed E-state index contributed by atoms with van der Waals surface area (Å²) in [5, 5.41) is 29.4. The number of halogens is 2. The molecule has 0 saturated carbocycles. The van der Waals surface area contributed by atoms with E-state index in [0.29, 0.717) is 41.5 Å². The molecule has 0 saturated heterocycles. The van der Waals surface area contributed by atoms with Crippen LogP contribution in [0.1, 0.15) is 37.4 Å². The van der Waals surface area contributed by atoms with Crippen LogP contribution in [0.3, 0.4) is 0 Å². The number of thiophene rings is 2. The van der Waals surface area contributed by atoms with E-state index in [2.05, 4.69) is 15.8 Å². The van der Waals surface area contributed by atoms with Crippen molar-refractivity contribution >= 4 is 63.4 Å². The average Bonchev–Trinajstić information content (AvgIpc) is 3.51. The SMILES string of the molecule is C/C(=N\NC(=O)c1ccc(C(=O)NCc2cc[n+](O)cc2)s1)c1csc(-c2ccc(Cl)c(Cl)c2)c1O. The highest BCUT2D eigenvalue weighted by Crippen LogP contribution is 2.40. The van der Waals surface area contributed by atoms with Crippen molar-refractivity contribution in [2.24, 2.45) is 5.10 Å². The normalized spacial score (nSPS) is 11.4. The van der Waals surface area contributed by atoms with E-state index in [1.165, 1.54) is 23.7 Å². The molecule has 0 unspecified atom stereocenters. The molecule has 36 heavy (non-hydrogen) atoms. The lowest BCUT2D eigenvalue weighted by Gasteiger charge is -2.04. The lowest BCUT2D eigenvalue weighted by atomic mass is 10.1. The highest BCUT2D eigenvalue weighted by atomic mass is 35.5. The van der Waals surface area contributed by atoms with E-state index in [1.807, 2.05) is 0 Å². The molecule has 2 amide bonds. The van der Waals surface area contributed by atoms with Crippen molar-refractivity contribution in [3.8, 4) is 16.2 Å². The van der Waals surface area contributed by atoms with E-state index in [4.69, 9.17) is 23.2 Å². The smallest absolute Gasteiger partial charge is 0.281 e. The van der Waals surface area contributed by atoms with Crippen LogP contribution in [0.5, 0.6) is 5.75 Å². The summed E-state index contributed by atoms with van der Waals surface area (Å²) in [6.07, 6.45) is 2.92. The number of carbonyl (C=O) groups excluding carboxylic acids is 2. The molecule has 4 rings (SSSR count). The van der Waals surface area contributed by atoms with Crippen LogP contribution in [-0.2, 0) is 6.54 Å². The van der Waals surface area contributed by atoms with E-state index >= 15 is 0 Å². The molecule has 0 atom stereocenters. The van der Waals surface area contributed by atoms with E-state index in [9.17, 15) is 19.9 Å². The van der Waals surface area contributed by atoms with Crippen molar-refractivity contribution in [2.45, 2.75) is 13.5 Å². The lowest BCUT2D eigenvalue weighted by molar-refractivity contribution is -0.904. The minimum absolute atomic E-state index is 0.0243. The van der Waals surface area contributed by atoms with Gasteiger partial charge in [0.25, 0.3) is 11.8 Å². The largest absolute Gasteiger partial charge is 0.506 e. The number of aromatic hydroxyl groups is 1. The Morgan fingerprint density at radius 1 is 1.03 bits per heavy atom. The molecule has 8 nitrogen and oxygen atoms in total. The first-order chi connectivity index (χ1) is 17.2. The van der Waals surface area contributed by atoms with Gasteiger partial charge in [-0.15, -0.1) is 22.7 Å². The van der Waals surface area contributed by atoms with Crippen molar-refractivity contribution in [1.29, 1.82) is 0 Å². The first-order valence-corrected chi connectivity index (χ1v) is 12.9. The number of nitrogens with one attached hydrogen (secondary N) is 2. The maximum atomic E-state index is 12.6. The molecule has 0 aliphatic carbocycles. The molecule has 4 N–H and O–H groups in total. The molecule has 0 aliphatic heterocycles. The average molecular weight is 562 g/mol. The number of rotatable bonds is 7. The van der Waals surface area contributed by atoms with E-state index < -0.39 is 5.91 Å². The molecule has 3 aromatic heterocycles. The highest BCUT2D eigenvalue weighted by molar-refractivity contribution is 7.16. The number of benzene rings is 1. The topological polar surface area (TPSA) is 115 Å². The number of pyridine rings is 1. The summed E-state index contributed by atoms with van der Waals surface area (Å²) in [4.78, 5) is 26.2. The Morgan fingerprint density at radius 2 is 1.72 bits per heavy atom. The van der Waals surface area contributed by atoms with Crippen LogP contribution in [0.15, 0.2) is 65.3 Å². The number of hydrazone groups is 1. The predicted molar refractivity (Wildman–Crippen MR) is 140 cm³/mol. The fourth-order valence-electron chi connectivity index (χ4n) is 3.12. The summed E-state index contributed by atoms with van der Waals surface area (Å²) < 4.78 is 0.911. The molecule has 0 bridgehead atoms. The first kappa shape index (κ1) is 25.6. The van der Waals surface area contributed by atoms with E-state index in [0.717, 1.165) is 21.6 Å². The van der Waals surface area contributed by atoms with Gasteiger partial charge in [-0.25, -0.2) is 5.43 Å². The molecule has 184 valence electrons. The second-order valence-electron chi connectivity index (χ2n) is 7.53. The second-order valence-corrected chi connectivity index (χ2v) is 10.3. The van der Waals surface area contributed by atoms with Gasteiger partial charge in [0.1, 0.15) is 5.75 Å². The Bertz CT molecular complexity index is 1470. The summed E-state index contributed by atoms with van der Waals surface area (Å²) in [6.45, 7) is 1.94. The standard InChI is InChI=1S/C24H18Cl2N4O4S2/c1-13(16-12-35-22(21(16)31)15-2-3-17(25)18(26)10-15)28-29-24(33)20-5-4-19(36-20)23(32)27-11-14-6-8-30(34)9-7-14/h2-10,12H,11H2,1H3,(H3-,27,29,31,32,33,34)/p+1/b28-13+. The summed E-state index contributed by atoms with van der Waals surface area (Å²) >= 11 is 14.4. The predicted octanol–water partition coefficient (Wildman–Crippen LogP) is 5.10. The van der Waals surface area contributed by atoms with Gasteiger partial charge in [-0.3, -0.25) is 14.8 Å². The zero-order valence-electron chi connectivity index (χ0n) is 18.7. The number of hydrogen-bond acceptors (Lipinski definition) is 7.